The van der Waals surface area contributed by atoms with E-state index in [1.807, 2.05) is 11.0 Å². The van der Waals surface area contributed by atoms with E-state index in [1.165, 1.54) is 0 Å². The molecule has 0 radical (unpaired) electrons. The third-order valence-electron chi connectivity index (χ3n) is 6.20. The first-order valence-corrected chi connectivity index (χ1v) is 10.4. The number of rotatable bonds is 4. The third kappa shape index (κ3) is 3.90. The van der Waals surface area contributed by atoms with Crippen LogP contribution in [0.2, 0.25) is 0 Å². The molecule has 3 aliphatic heterocycles. The average molecular weight is 404 g/mol. The smallest absolute Gasteiger partial charge is 0.251 e. The number of alkyl halides is 2. The zero-order valence-corrected chi connectivity index (χ0v) is 16.5. The fraction of sp³-hybridized carbons (Fsp3) is 0.684. The molecule has 0 aliphatic carbocycles. The molecule has 0 atom stereocenters. The monoisotopic (exact) mass is 404 g/mol. The Hall–Kier alpha value is -2.36. The highest BCUT2D eigenvalue weighted by Crippen LogP contribution is 2.30. The van der Waals surface area contributed by atoms with Crippen LogP contribution in [0.5, 0.6) is 0 Å². The van der Waals surface area contributed by atoms with E-state index in [2.05, 4.69) is 34.5 Å². The highest BCUT2D eigenvalue weighted by atomic mass is 19.3. The quantitative estimate of drug-likeness (QED) is 0.766. The molecule has 0 unspecified atom stereocenters. The second-order valence-electron chi connectivity index (χ2n) is 8.13. The number of piperidine rings is 1. The number of hydrogen-bond acceptors (Lipinski definition) is 7. The van der Waals surface area contributed by atoms with Gasteiger partial charge in [-0.1, -0.05) is 0 Å². The lowest BCUT2D eigenvalue weighted by Gasteiger charge is -2.36. The van der Waals surface area contributed by atoms with Crippen LogP contribution in [0.4, 0.5) is 20.4 Å². The van der Waals surface area contributed by atoms with Gasteiger partial charge < -0.3 is 14.4 Å². The van der Waals surface area contributed by atoms with E-state index >= 15 is 0 Å². The van der Waals surface area contributed by atoms with Crippen LogP contribution in [0.25, 0.3) is 0 Å². The molecule has 2 aromatic rings. The standard InChI is InChI=1S/C19H26F2N8/c20-19(21)3-6-27(7-4-19)16-12-17(23-14-22-16)28-10-8-26(9-11-28)13-18-25-24-15-2-1-5-29(15)18/h12,14H,1-11,13H2. The number of hydrogen-bond donors (Lipinski definition) is 0. The van der Waals surface area contributed by atoms with Gasteiger partial charge in [-0.05, 0) is 6.42 Å². The normalized spacial score (nSPS) is 22.1. The summed E-state index contributed by atoms with van der Waals surface area (Å²) in [7, 11) is 0. The van der Waals surface area contributed by atoms with Gasteiger partial charge >= 0.3 is 0 Å². The van der Waals surface area contributed by atoms with Crippen molar-refractivity contribution in [3.05, 3.63) is 24.0 Å². The van der Waals surface area contributed by atoms with Crippen LogP contribution in [-0.2, 0) is 19.5 Å². The number of aryl methyl sites for hydroxylation is 1. The fourth-order valence-corrected chi connectivity index (χ4v) is 4.41. The summed E-state index contributed by atoms with van der Waals surface area (Å²) in [5, 5.41) is 8.66. The Bertz CT molecular complexity index is 852. The molecule has 5 rings (SSSR count). The maximum absolute atomic E-state index is 13.4. The van der Waals surface area contributed by atoms with Crippen molar-refractivity contribution in [2.24, 2.45) is 0 Å². The molecule has 2 saturated heterocycles. The van der Waals surface area contributed by atoms with Crippen LogP contribution < -0.4 is 9.80 Å². The largest absolute Gasteiger partial charge is 0.356 e. The summed E-state index contributed by atoms with van der Waals surface area (Å²) in [5.74, 6) is 1.25. The Kier molecular flexibility index (Phi) is 4.81. The van der Waals surface area contributed by atoms with Gasteiger partial charge in [0, 0.05) is 71.1 Å². The molecule has 29 heavy (non-hydrogen) atoms. The molecule has 8 nitrogen and oxygen atoms in total. The van der Waals surface area contributed by atoms with E-state index in [0.29, 0.717) is 13.1 Å². The first kappa shape index (κ1) is 18.7. The molecule has 3 aliphatic rings. The molecule has 0 N–H and O–H groups in total. The molecule has 0 saturated carbocycles. The van der Waals surface area contributed by atoms with E-state index in [9.17, 15) is 8.78 Å². The topological polar surface area (TPSA) is 66.2 Å². The number of anilines is 2. The molecule has 0 spiro atoms. The van der Waals surface area contributed by atoms with Gasteiger partial charge in [0.1, 0.15) is 29.6 Å². The Morgan fingerprint density at radius 2 is 1.55 bits per heavy atom. The zero-order chi connectivity index (χ0) is 19.8. The van der Waals surface area contributed by atoms with Gasteiger partial charge in [0.2, 0.25) is 0 Å². The predicted molar refractivity (Wildman–Crippen MR) is 104 cm³/mol. The van der Waals surface area contributed by atoms with E-state index in [1.54, 1.807) is 6.33 Å². The summed E-state index contributed by atoms with van der Waals surface area (Å²) in [5.41, 5.74) is 0. The van der Waals surface area contributed by atoms with Crippen LogP contribution in [0.1, 0.15) is 30.9 Å². The lowest BCUT2D eigenvalue weighted by molar-refractivity contribution is -0.0221. The number of aromatic nitrogens is 5. The van der Waals surface area contributed by atoms with Crippen LogP contribution in [0.3, 0.4) is 0 Å². The van der Waals surface area contributed by atoms with E-state index in [4.69, 9.17) is 0 Å². The van der Waals surface area contributed by atoms with Crippen molar-refractivity contribution in [2.75, 3.05) is 49.1 Å². The molecule has 10 heteroatoms. The van der Waals surface area contributed by atoms with Gasteiger partial charge in [-0.2, -0.15) is 0 Å². The van der Waals surface area contributed by atoms with E-state index in [-0.39, 0.29) is 12.8 Å². The summed E-state index contributed by atoms with van der Waals surface area (Å²) in [6.45, 7) is 6.13. The summed E-state index contributed by atoms with van der Waals surface area (Å²) in [6, 6.07) is 1.94. The zero-order valence-electron chi connectivity index (χ0n) is 16.5. The van der Waals surface area contributed by atoms with Gasteiger partial charge in [0.05, 0.1) is 6.54 Å². The minimum atomic E-state index is -2.55. The lowest BCUT2D eigenvalue weighted by atomic mass is 10.1. The van der Waals surface area contributed by atoms with Crippen molar-refractivity contribution in [3.63, 3.8) is 0 Å². The summed E-state index contributed by atoms with van der Waals surface area (Å²) >= 11 is 0. The van der Waals surface area contributed by atoms with E-state index < -0.39 is 5.92 Å². The fourth-order valence-electron chi connectivity index (χ4n) is 4.41. The van der Waals surface area contributed by atoms with Crippen LogP contribution in [0, 0.1) is 0 Å². The molecule has 156 valence electrons. The van der Waals surface area contributed by atoms with Crippen molar-refractivity contribution >= 4 is 11.6 Å². The molecule has 5 heterocycles. The van der Waals surface area contributed by atoms with Crippen LogP contribution in [-0.4, -0.2) is 74.8 Å². The molecule has 0 amide bonds. The number of nitrogens with zero attached hydrogens (tertiary/aromatic N) is 8. The lowest BCUT2D eigenvalue weighted by Crippen LogP contribution is -2.46. The maximum Gasteiger partial charge on any atom is 0.251 e. The Balaban J connectivity index is 1.19. The molecular weight excluding hydrogens is 378 g/mol. The molecular formula is C19H26F2N8. The SMILES string of the molecule is FC1(F)CCN(c2cc(N3CCN(Cc4nnc5n4CCC5)CC3)ncn2)CC1. The molecule has 0 aromatic carbocycles. The minimum absolute atomic E-state index is 0.114. The molecule has 2 fully saturated rings. The first-order chi connectivity index (χ1) is 14.1. The van der Waals surface area contributed by atoms with Crippen molar-refractivity contribution < 1.29 is 8.78 Å². The van der Waals surface area contributed by atoms with Crippen molar-refractivity contribution in [2.45, 2.75) is 44.7 Å². The average Bonchev–Trinajstić information content (AvgIpc) is 3.34. The van der Waals surface area contributed by atoms with Crippen molar-refractivity contribution in [1.82, 2.24) is 29.6 Å². The first-order valence-electron chi connectivity index (χ1n) is 10.4. The van der Waals surface area contributed by atoms with Gasteiger partial charge in [0.25, 0.3) is 5.92 Å². The van der Waals surface area contributed by atoms with Crippen LogP contribution in [0.15, 0.2) is 12.4 Å². The Labute approximate surface area is 168 Å². The predicted octanol–water partition coefficient (Wildman–Crippen LogP) is 1.57. The van der Waals surface area contributed by atoms with Crippen molar-refractivity contribution in [3.8, 4) is 0 Å². The Morgan fingerprint density at radius 1 is 0.862 bits per heavy atom. The minimum Gasteiger partial charge on any atom is -0.356 e. The van der Waals surface area contributed by atoms with E-state index in [0.717, 1.165) is 75.4 Å². The van der Waals surface area contributed by atoms with Crippen LogP contribution >= 0.6 is 0 Å². The number of piperazine rings is 1. The maximum atomic E-state index is 13.4. The number of halogens is 2. The van der Waals surface area contributed by atoms with Gasteiger partial charge in [-0.25, -0.2) is 18.7 Å². The molecule has 2 aromatic heterocycles. The molecule has 0 bridgehead atoms. The third-order valence-corrected chi connectivity index (χ3v) is 6.20. The summed E-state index contributed by atoms with van der Waals surface area (Å²) in [4.78, 5) is 15.3. The second-order valence-corrected chi connectivity index (χ2v) is 8.13. The second kappa shape index (κ2) is 7.47. The highest BCUT2D eigenvalue weighted by Gasteiger charge is 2.34. The Morgan fingerprint density at radius 3 is 2.28 bits per heavy atom. The highest BCUT2D eigenvalue weighted by molar-refractivity contribution is 5.50. The van der Waals surface area contributed by atoms with Gasteiger partial charge in [0.15, 0.2) is 0 Å². The van der Waals surface area contributed by atoms with Gasteiger partial charge in [-0.3, -0.25) is 4.90 Å². The van der Waals surface area contributed by atoms with Gasteiger partial charge in [-0.15, -0.1) is 10.2 Å². The number of fused-ring (bicyclic) bond motifs is 1. The summed E-state index contributed by atoms with van der Waals surface area (Å²) < 4.78 is 29.1. The van der Waals surface area contributed by atoms with Crippen molar-refractivity contribution in [1.29, 1.82) is 0 Å². The summed E-state index contributed by atoms with van der Waals surface area (Å²) in [6.07, 6.45) is 3.51.